The summed E-state index contributed by atoms with van der Waals surface area (Å²) in [6, 6.07) is 2.75. The number of aromatic nitrogens is 1. The Morgan fingerprint density at radius 1 is 1.26 bits per heavy atom. The standard InChI is InChI=1S/C17H25NO/c1-11-6-5-7-14(11)18-12(2)8-13-15(18)9-17(3,4)10-16(13)19/h8,11,14H,5-7,9-10H2,1-4H3. The Morgan fingerprint density at radius 3 is 2.63 bits per heavy atom. The van der Waals surface area contributed by atoms with Crippen LogP contribution in [0.25, 0.3) is 0 Å². The van der Waals surface area contributed by atoms with E-state index in [2.05, 4.69) is 38.3 Å². The average Bonchev–Trinajstić information content (AvgIpc) is 2.81. The number of fused-ring (bicyclic) bond motifs is 1. The lowest BCUT2D eigenvalue weighted by molar-refractivity contribution is 0.0909. The fourth-order valence-electron chi connectivity index (χ4n) is 4.14. The number of Topliss-reactive ketones (excluding diaryl/α,β-unsaturated/α-hetero) is 1. The summed E-state index contributed by atoms with van der Waals surface area (Å²) in [5.74, 6) is 1.09. The first-order valence-electron chi connectivity index (χ1n) is 7.63. The minimum Gasteiger partial charge on any atom is -0.345 e. The zero-order valence-corrected chi connectivity index (χ0v) is 12.6. The number of nitrogens with zero attached hydrogens (tertiary/aromatic N) is 1. The van der Waals surface area contributed by atoms with Gasteiger partial charge in [0.05, 0.1) is 0 Å². The van der Waals surface area contributed by atoms with Crippen molar-refractivity contribution < 1.29 is 4.79 Å². The van der Waals surface area contributed by atoms with Crippen LogP contribution in [0.5, 0.6) is 0 Å². The lowest BCUT2D eigenvalue weighted by Crippen LogP contribution is -2.29. The number of ketones is 1. The van der Waals surface area contributed by atoms with E-state index in [4.69, 9.17) is 0 Å². The van der Waals surface area contributed by atoms with Gasteiger partial charge in [-0.25, -0.2) is 0 Å². The van der Waals surface area contributed by atoms with Crippen molar-refractivity contribution in [1.29, 1.82) is 0 Å². The first kappa shape index (κ1) is 13.0. The van der Waals surface area contributed by atoms with Crippen LogP contribution in [0.2, 0.25) is 0 Å². The molecule has 0 aliphatic heterocycles. The molecule has 0 radical (unpaired) electrons. The Balaban J connectivity index is 2.09. The van der Waals surface area contributed by atoms with E-state index < -0.39 is 0 Å². The fraction of sp³-hybridized carbons (Fsp3) is 0.706. The summed E-state index contributed by atoms with van der Waals surface area (Å²) < 4.78 is 2.51. The molecule has 1 aromatic heterocycles. The molecular weight excluding hydrogens is 234 g/mol. The van der Waals surface area contributed by atoms with Crippen LogP contribution in [0, 0.1) is 18.3 Å². The molecule has 2 aliphatic rings. The van der Waals surface area contributed by atoms with Gasteiger partial charge in [0.15, 0.2) is 5.78 Å². The van der Waals surface area contributed by atoms with E-state index in [1.165, 1.54) is 30.7 Å². The summed E-state index contributed by atoms with van der Waals surface area (Å²) in [4.78, 5) is 12.3. The summed E-state index contributed by atoms with van der Waals surface area (Å²) in [5.41, 5.74) is 3.73. The van der Waals surface area contributed by atoms with E-state index in [-0.39, 0.29) is 5.41 Å². The van der Waals surface area contributed by atoms with Crippen LogP contribution in [0.3, 0.4) is 0 Å². The largest absolute Gasteiger partial charge is 0.345 e. The summed E-state index contributed by atoms with van der Waals surface area (Å²) >= 11 is 0. The first-order valence-corrected chi connectivity index (χ1v) is 7.63. The molecule has 1 saturated carbocycles. The molecule has 0 N–H and O–H groups in total. The van der Waals surface area contributed by atoms with E-state index in [0.29, 0.717) is 18.2 Å². The van der Waals surface area contributed by atoms with Crippen LogP contribution >= 0.6 is 0 Å². The maximum absolute atomic E-state index is 12.3. The van der Waals surface area contributed by atoms with E-state index in [0.717, 1.165) is 17.9 Å². The number of carbonyl (C=O) groups excluding carboxylic acids is 1. The maximum Gasteiger partial charge on any atom is 0.165 e. The number of aryl methyl sites for hydroxylation is 1. The van der Waals surface area contributed by atoms with Gasteiger partial charge < -0.3 is 4.57 Å². The zero-order chi connectivity index (χ0) is 13.8. The lowest BCUT2D eigenvalue weighted by atomic mass is 9.76. The quantitative estimate of drug-likeness (QED) is 0.736. The molecule has 3 rings (SSSR count). The molecule has 0 spiro atoms. The second kappa shape index (κ2) is 4.22. The normalized spacial score (nSPS) is 29.6. The molecule has 0 amide bonds. The molecule has 0 bridgehead atoms. The third kappa shape index (κ3) is 2.05. The highest BCUT2D eigenvalue weighted by Crippen LogP contribution is 2.42. The minimum atomic E-state index is 0.120. The highest BCUT2D eigenvalue weighted by atomic mass is 16.1. The molecule has 1 fully saturated rings. The van der Waals surface area contributed by atoms with Crippen LogP contribution in [-0.4, -0.2) is 10.4 Å². The zero-order valence-electron chi connectivity index (χ0n) is 12.6. The number of hydrogen-bond donors (Lipinski definition) is 0. The SMILES string of the molecule is Cc1cc2c(n1C1CCCC1C)CC(C)(C)CC2=O. The van der Waals surface area contributed by atoms with Gasteiger partial charge in [-0.2, -0.15) is 0 Å². The Kier molecular flexibility index (Phi) is 2.88. The van der Waals surface area contributed by atoms with Gasteiger partial charge in [0.1, 0.15) is 0 Å². The first-order chi connectivity index (χ1) is 8.89. The van der Waals surface area contributed by atoms with Crippen molar-refractivity contribution in [1.82, 2.24) is 4.57 Å². The lowest BCUT2D eigenvalue weighted by Gasteiger charge is -2.32. The van der Waals surface area contributed by atoms with E-state index >= 15 is 0 Å². The van der Waals surface area contributed by atoms with Gasteiger partial charge >= 0.3 is 0 Å². The predicted molar refractivity (Wildman–Crippen MR) is 77.7 cm³/mol. The highest BCUT2D eigenvalue weighted by molar-refractivity contribution is 5.99. The van der Waals surface area contributed by atoms with E-state index in [1.807, 2.05) is 0 Å². The van der Waals surface area contributed by atoms with Crippen LogP contribution in [0.1, 0.15) is 74.2 Å². The molecule has 104 valence electrons. The maximum atomic E-state index is 12.3. The van der Waals surface area contributed by atoms with Crippen LogP contribution < -0.4 is 0 Å². The summed E-state index contributed by atoms with van der Waals surface area (Å²) in [5, 5.41) is 0. The minimum absolute atomic E-state index is 0.120. The van der Waals surface area contributed by atoms with Gasteiger partial charge in [0.25, 0.3) is 0 Å². The van der Waals surface area contributed by atoms with Gasteiger partial charge in [0.2, 0.25) is 0 Å². The summed E-state index contributed by atoms with van der Waals surface area (Å²) in [6.45, 7) is 8.97. The van der Waals surface area contributed by atoms with Gasteiger partial charge in [-0.3, -0.25) is 4.79 Å². The number of carbonyl (C=O) groups is 1. The van der Waals surface area contributed by atoms with Crippen LogP contribution in [0.4, 0.5) is 0 Å². The van der Waals surface area contributed by atoms with Crippen LogP contribution in [-0.2, 0) is 6.42 Å². The molecule has 2 atom stereocenters. The van der Waals surface area contributed by atoms with Crippen molar-refractivity contribution in [2.45, 2.75) is 65.8 Å². The van der Waals surface area contributed by atoms with Crippen molar-refractivity contribution in [2.75, 3.05) is 0 Å². The monoisotopic (exact) mass is 259 g/mol. The van der Waals surface area contributed by atoms with Gasteiger partial charge in [-0.05, 0) is 43.6 Å². The van der Waals surface area contributed by atoms with E-state index in [9.17, 15) is 4.79 Å². The molecule has 19 heavy (non-hydrogen) atoms. The number of hydrogen-bond acceptors (Lipinski definition) is 1. The molecule has 2 nitrogen and oxygen atoms in total. The molecule has 2 aliphatic carbocycles. The highest BCUT2D eigenvalue weighted by Gasteiger charge is 2.36. The van der Waals surface area contributed by atoms with Crippen LogP contribution in [0.15, 0.2) is 6.07 Å². The Bertz CT molecular complexity index is 524. The van der Waals surface area contributed by atoms with Crippen molar-refractivity contribution in [3.05, 3.63) is 23.0 Å². The Hall–Kier alpha value is -1.05. The van der Waals surface area contributed by atoms with Gasteiger partial charge in [-0.15, -0.1) is 0 Å². The molecular formula is C17H25NO. The molecule has 1 heterocycles. The van der Waals surface area contributed by atoms with Crippen molar-refractivity contribution in [2.24, 2.45) is 11.3 Å². The molecule has 0 saturated heterocycles. The van der Waals surface area contributed by atoms with Crippen molar-refractivity contribution in [3.63, 3.8) is 0 Å². The van der Waals surface area contributed by atoms with Gasteiger partial charge in [0, 0.05) is 29.4 Å². The molecule has 2 unspecified atom stereocenters. The second-order valence-corrected chi connectivity index (χ2v) is 7.43. The van der Waals surface area contributed by atoms with Crippen molar-refractivity contribution >= 4 is 5.78 Å². The third-order valence-electron chi connectivity index (χ3n) is 5.07. The topological polar surface area (TPSA) is 22.0 Å². The number of rotatable bonds is 1. The summed E-state index contributed by atoms with van der Waals surface area (Å²) in [7, 11) is 0. The predicted octanol–water partition coefficient (Wildman–Crippen LogP) is 4.31. The second-order valence-electron chi connectivity index (χ2n) is 7.43. The average molecular weight is 259 g/mol. The Morgan fingerprint density at radius 2 is 2.00 bits per heavy atom. The molecule has 2 heteroatoms. The van der Waals surface area contributed by atoms with E-state index in [1.54, 1.807) is 0 Å². The smallest absolute Gasteiger partial charge is 0.165 e. The van der Waals surface area contributed by atoms with Gasteiger partial charge in [-0.1, -0.05) is 27.2 Å². The summed E-state index contributed by atoms with van der Waals surface area (Å²) in [6.07, 6.45) is 5.68. The third-order valence-corrected chi connectivity index (χ3v) is 5.07. The fourth-order valence-corrected chi connectivity index (χ4v) is 4.14. The van der Waals surface area contributed by atoms with Crippen molar-refractivity contribution in [3.8, 4) is 0 Å². The molecule has 0 aromatic carbocycles. The molecule has 1 aromatic rings. The Labute approximate surface area is 116 Å².